The van der Waals surface area contributed by atoms with Gasteiger partial charge in [-0.25, -0.2) is 0 Å². The largest absolute Gasteiger partial charge is 0.303 e. The minimum absolute atomic E-state index is 0.0453. The van der Waals surface area contributed by atoms with Crippen LogP contribution in [0.15, 0.2) is 41.2 Å². The fourth-order valence-corrected chi connectivity index (χ4v) is 9.24. The molecule has 2 aliphatic heterocycles. The van der Waals surface area contributed by atoms with Gasteiger partial charge in [0.05, 0.1) is 39.9 Å². The molecule has 4 aliphatic rings. The van der Waals surface area contributed by atoms with E-state index in [-0.39, 0.29) is 16.4 Å². The van der Waals surface area contributed by atoms with Crippen molar-refractivity contribution in [1.82, 2.24) is 14.5 Å². The normalized spacial score (nSPS) is 27.4. The van der Waals surface area contributed by atoms with Crippen LogP contribution in [0.25, 0.3) is 16.6 Å². The van der Waals surface area contributed by atoms with Gasteiger partial charge in [0.25, 0.3) is 15.7 Å². The van der Waals surface area contributed by atoms with E-state index in [1.54, 1.807) is 6.07 Å². The summed E-state index contributed by atoms with van der Waals surface area (Å²) in [6, 6.07) is 12.5. The maximum Gasteiger partial charge on any atom is 0.282 e. The van der Waals surface area contributed by atoms with Crippen LogP contribution in [0.4, 0.5) is 0 Å². The molecule has 0 amide bonds. The second-order valence-electron chi connectivity index (χ2n) is 13.8. The molecule has 7 nitrogen and oxygen atoms in total. The first-order valence-electron chi connectivity index (χ1n) is 14.8. The van der Waals surface area contributed by atoms with Gasteiger partial charge in [0.2, 0.25) is 0 Å². The first-order valence-corrected chi connectivity index (χ1v) is 17.0. The van der Waals surface area contributed by atoms with Crippen LogP contribution in [-0.4, -0.2) is 55.4 Å². The molecule has 41 heavy (non-hydrogen) atoms. The number of piperidine rings is 1. The van der Waals surface area contributed by atoms with Crippen LogP contribution in [0.2, 0.25) is 5.02 Å². The lowest BCUT2D eigenvalue weighted by molar-refractivity contribution is 0.126. The van der Waals surface area contributed by atoms with Gasteiger partial charge in [-0.1, -0.05) is 29.8 Å². The van der Waals surface area contributed by atoms with Crippen molar-refractivity contribution < 1.29 is 12.6 Å². The third-order valence-corrected chi connectivity index (χ3v) is 11.5. The molecule has 3 heterocycles. The average Bonchev–Trinajstić information content (AvgIpc) is 3.54. The van der Waals surface area contributed by atoms with E-state index in [2.05, 4.69) is 46.5 Å². The second kappa shape index (κ2) is 9.37. The Morgan fingerprint density at radius 3 is 2.46 bits per heavy atom. The van der Waals surface area contributed by atoms with Crippen LogP contribution in [-0.2, 0) is 19.7 Å². The Hall–Kier alpha value is -2.26. The van der Waals surface area contributed by atoms with Crippen LogP contribution >= 0.6 is 11.6 Å². The van der Waals surface area contributed by atoms with Gasteiger partial charge >= 0.3 is 0 Å². The summed E-state index contributed by atoms with van der Waals surface area (Å²) in [5, 5.41) is 0.916. The van der Waals surface area contributed by atoms with Gasteiger partial charge in [0.1, 0.15) is 5.82 Å². The first-order chi connectivity index (χ1) is 19.4. The molecule has 3 aromatic rings. The average molecular weight is 596 g/mol. The monoisotopic (exact) mass is 595 g/mol. The predicted molar refractivity (Wildman–Crippen MR) is 162 cm³/mol. The van der Waals surface area contributed by atoms with E-state index in [1.165, 1.54) is 24.0 Å². The SMILES string of the molecule is CC1(C)c2ccc(C3CCN(CC45CCC(COS(C)(=O)=O)(CC4)C5)CC3)cc2-n2c1nc(=O)c1c(Cl)cccc12. The molecular weight excluding hydrogens is 558 g/mol. The molecule has 7 rings (SSSR count). The number of likely N-dealkylation sites (tertiary alicyclic amines) is 1. The van der Waals surface area contributed by atoms with Gasteiger partial charge < -0.3 is 4.90 Å². The Balaban J connectivity index is 1.09. The van der Waals surface area contributed by atoms with Crippen LogP contribution in [0.5, 0.6) is 0 Å². The number of aromatic nitrogens is 2. The van der Waals surface area contributed by atoms with E-state index < -0.39 is 10.1 Å². The molecule has 2 aliphatic carbocycles. The highest BCUT2D eigenvalue weighted by atomic mass is 35.5. The highest BCUT2D eigenvalue weighted by Gasteiger charge is 2.55. The van der Waals surface area contributed by atoms with E-state index >= 15 is 0 Å². The summed E-state index contributed by atoms with van der Waals surface area (Å²) in [6.07, 6.45) is 8.97. The number of benzene rings is 2. The van der Waals surface area contributed by atoms with Crippen LogP contribution in [0.1, 0.15) is 81.7 Å². The summed E-state index contributed by atoms with van der Waals surface area (Å²) in [5.74, 6) is 1.25. The van der Waals surface area contributed by atoms with E-state index in [0.717, 1.165) is 75.0 Å². The van der Waals surface area contributed by atoms with Gasteiger partial charge in [-0.15, -0.1) is 0 Å². The van der Waals surface area contributed by atoms with Crippen LogP contribution in [0, 0.1) is 10.8 Å². The fraction of sp³-hybridized carbons (Fsp3) is 0.562. The zero-order valence-electron chi connectivity index (χ0n) is 24.1. The van der Waals surface area contributed by atoms with Gasteiger partial charge in [0, 0.05) is 6.54 Å². The summed E-state index contributed by atoms with van der Waals surface area (Å²) < 4.78 is 30.6. The van der Waals surface area contributed by atoms with Crippen LogP contribution in [0.3, 0.4) is 0 Å². The Morgan fingerprint density at radius 1 is 1.05 bits per heavy atom. The minimum Gasteiger partial charge on any atom is -0.303 e. The standard InChI is InChI=1S/C32H38ClN3O4S/c1-30(2)23-8-7-22(17-26(23)36-25-6-4-5-24(33)27(25)28(37)34-29(30)36)21-9-15-35(16-10-21)19-31-11-13-32(18-31,14-12-31)20-40-41(3,38)39/h4-8,17,21H,9-16,18-20H2,1-3H3. The van der Waals surface area contributed by atoms with Crippen molar-refractivity contribution in [3.05, 3.63) is 68.7 Å². The number of hydrogen-bond acceptors (Lipinski definition) is 6. The van der Waals surface area contributed by atoms with Crippen molar-refractivity contribution in [2.45, 2.75) is 70.1 Å². The number of fused-ring (bicyclic) bond motifs is 7. The molecule has 0 radical (unpaired) electrons. The zero-order chi connectivity index (χ0) is 28.8. The molecule has 2 saturated carbocycles. The molecule has 3 fully saturated rings. The molecule has 0 unspecified atom stereocenters. The molecule has 1 aromatic heterocycles. The summed E-state index contributed by atoms with van der Waals surface area (Å²) in [6.45, 7) is 7.88. The molecule has 1 saturated heterocycles. The van der Waals surface area contributed by atoms with E-state index in [0.29, 0.717) is 28.3 Å². The predicted octanol–water partition coefficient (Wildman–Crippen LogP) is 5.78. The van der Waals surface area contributed by atoms with Crippen molar-refractivity contribution in [2.24, 2.45) is 10.8 Å². The van der Waals surface area contributed by atoms with Crippen molar-refractivity contribution in [1.29, 1.82) is 0 Å². The lowest BCUT2D eigenvalue weighted by atomic mass is 9.81. The third kappa shape index (κ3) is 4.57. The zero-order valence-corrected chi connectivity index (χ0v) is 25.7. The Bertz CT molecular complexity index is 1710. The molecule has 0 spiro atoms. The third-order valence-electron chi connectivity index (χ3n) is 10.7. The minimum atomic E-state index is -3.40. The second-order valence-corrected chi connectivity index (χ2v) is 15.9. The number of rotatable bonds is 6. The quantitative estimate of drug-likeness (QED) is 0.336. The topological polar surface area (TPSA) is 81.5 Å². The smallest absolute Gasteiger partial charge is 0.282 e. The van der Waals surface area contributed by atoms with Crippen molar-refractivity contribution in [2.75, 3.05) is 32.5 Å². The molecule has 0 atom stereocenters. The van der Waals surface area contributed by atoms with Crippen molar-refractivity contribution in [3.63, 3.8) is 0 Å². The lowest BCUT2D eigenvalue weighted by Crippen LogP contribution is -2.40. The van der Waals surface area contributed by atoms with Gasteiger partial charge in [-0.05, 0) is 118 Å². The van der Waals surface area contributed by atoms with Gasteiger partial charge in [-0.2, -0.15) is 13.4 Å². The summed E-state index contributed by atoms with van der Waals surface area (Å²) in [7, 11) is -3.40. The van der Waals surface area contributed by atoms with Crippen molar-refractivity contribution >= 4 is 32.6 Å². The molecule has 0 N–H and O–H groups in total. The highest BCUT2D eigenvalue weighted by Crippen LogP contribution is 2.62. The molecule has 9 heteroatoms. The lowest BCUT2D eigenvalue weighted by Gasteiger charge is -2.38. The molecule has 218 valence electrons. The van der Waals surface area contributed by atoms with Gasteiger partial charge in [-0.3, -0.25) is 13.5 Å². The molecule has 2 bridgehead atoms. The number of hydrogen-bond donors (Lipinski definition) is 0. The Kier molecular flexibility index (Phi) is 6.30. The first kappa shape index (κ1) is 27.6. The van der Waals surface area contributed by atoms with Crippen LogP contribution < -0.4 is 5.56 Å². The number of nitrogens with zero attached hydrogens (tertiary/aromatic N) is 3. The highest BCUT2D eigenvalue weighted by molar-refractivity contribution is 7.85. The maximum absolute atomic E-state index is 13.0. The van der Waals surface area contributed by atoms with E-state index in [1.807, 2.05) is 12.1 Å². The summed E-state index contributed by atoms with van der Waals surface area (Å²) in [5.41, 5.74) is 4.16. The van der Waals surface area contributed by atoms with Gasteiger partial charge in [0.15, 0.2) is 0 Å². The van der Waals surface area contributed by atoms with Crippen molar-refractivity contribution in [3.8, 4) is 5.69 Å². The van der Waals surface area contributed by atoms with E-state index in [4.69, 9.17) is 15.8 Å². The van der Waals surface area contributed by atoms with E-state index in [9.17, 15) is 13.2 Å². The maximum atomic E-state index is 13.0. The Morgan fingerprint density at radius 2 is 1.76 bits per heavy atom. The summed E-state index contributed by atoms with van der Waals surface area (Å²) >= 11 is 6.47. The fourth-order valence-electron chi connectivity index (χ4n) is 8.53. The number of halogens is 1. The molecular formula is C32H38ClN3O4S. The Labute approximate surface area is 247 Å². The molecule has 2 aromatic carbocycles. The summed E-state index contributed by atoms with van der Waals surface area (Å²) in [4.78, 5) is 20.1.